The summed E-state index contributed by atoms with van der Waals surface area (Å²) in [6.07, 6.45) is 0. The van der Waals surface area contributed by atoms with Gasteiger partial charge in [-0.25, -0.2) is 8.42 Å². The van der Waals surface area contributed by atoms with Crippen molar-refractivity contribution in [3.8, 4) is 0 Å². The Hall–Kier alpha value is -1.56. The maximum Gasteiger partial charge on any atom is 0.243 e. The summed E-state index contributed by atoms with van der Waals surface area (Å²) >= 11 is 5.83. The van der Waals surface area contributed by atoms with Gasteiger partial charge in [0.15, 0.2) is 0 Å². The van der Waals surface area contributed by atoms with Crippen molar-refractivity contribution in [2.75, 3.05) is 31.1 Å². The Balaban J connectivity index is 1.70. The molecule has 6 heteroatoms. The topological polar surface area (TPSA) is 40.6 Å². The molecule has 1 aliphatic heterocycles. The molecule has 0 N–H and O–H groups in total. The lowest BCUT2D eigenvalue weighted by molar-refractivity contribution is 0.385. The van der Waals surface area contributed by atoms with Gasteiger partial charge in [0, 0.05) is 36.9 Å². The van der Waals surface area contributed by atoms with E-state index in [2.05, 4.69) is 36.1 Å². The summed E-state index contributed by atoms with van der Waals surface area (Å²) in [4.78, 5) is 2.51. The second-order valence-corrected chi connectivity index (χ2v) is 8.05. The molecule has 3 rings (SSSR count). The van der Waals surface area contributed by atoms with Crippen LogP contribution in [-0.4, -0.2) is 38.9 Å². The van der Waals surface area contributed by atoms with Crippen molar-refractivity contribution in [1.29, 1.82) is 0 Å². The molecule has 4 nitrogen and oxygen atoms in total. The fourth-order valence-electron chi connectivity index (χ4n) is 2.70. The van der Waals surface area contributed by atoms with Gasteiger partial charge in [0.2, 0.25) is 10.0 Å². The van der Waals surface area contributed by atoms with Crippen LogP contribution in [-0.2, 0) is 10.0 Å². The molecular formula is C17H19ClN2O2S. The summed E-state index contributed by atoms with van der Waals surface area (Å²) in [5.41, 5.74) is 2.36. The highest BCUT2D eigenvalue weighted by Gasteiger charge is 2.28. The number of benzene rings is 2. The fourth-order valence-corrected chi connectivity index (χ4v) is 4.25. The van der Waals surface area contributed by atoms with Crippen LogP contribution >= 0.6 is 11.6 Å². The molecule has 1 aliphatic rings. The van der Waals surface area contributed by atoms with E-state index in [1.54, 1.807) is 28.6 Å². The van der Waals surface area contributed by atoms with E-state index >= 15 is 0 Å². The molecule has 1 saturated heterocycles. The molecule has 0 aromatic heterocycles. The number of aryl methyl sites for hydroxylation is 1. The van der Waals surface area contributed by atoms with E-state index in [9.17, 15) is 8.42 Å². The average molecular weight is 351 g/mol. The van der Waals surface area contributed by atoms with Gasteiger partial charge in [0.1, 0.15) is 0 Å². The van der Waals surface area contributed by atoms with Crippen molar-refractivity contribution in [1.82, 2.24) is 4.31 Å². The number of piperazine rings is 1. The van der Waals surface area contributed by atoms with Crippen molar-refractivity contribution in [2.24, 2.45) is 0 Å². The van der Waals surface area contributed by atoms with E-state index < -0.39 is 10.0 Å². The van der Waals surface area contributed by atoms with Gasteiger partial charge in [0.05, 0.1) is 4.90 Å². The van der Waals surface area contributed by atoms with Gasteiger partial charge in [-0.05, 0) is 43.3 Å². The molecule has 0 unspecified atom stereocenters. The van der Waals surface area contributed by atoms with E-state index in [0.29, 0.717) is 36.1 Å². The van der Waals surface area contributed by atoms with Crippen molar-refractivity contribution < 1.29 is 8.42 Å². The minimum Gasteiger partial charge on any atom is -0.369 e. The SMILES string of the molecule is Cc1ccc(N2CCN(S(=O)(=O)c3ccc(Cl)cc3)CC2)cc1. The van der Waals surface area contributed by atoms with E-state index in [1.165, 1.54) is 5.56 Å². The first kappa shape index (κ1) is 16.3. The molecule has 1 fully saturated rings. The van der Waals surface area contributed by atoms with Crippen LogP contribution in [0.2, 0.25) is 5.02 Å². The molecule has 2 aromatic carbocycles. The molecule has 0 atom stereocenters. The molecule has 0 saturated carbocycles. The largest absolute Gasteiger partial charge is 0.369 e. The van der Waals surface area contributed by atoms with E-state index in [0.717, 1.165) is 5.69 Å². The molecular weight excluding hydrogens is 332 g/mol. The molecule has 0 bridgehead atoms. The van der Waals surface area contributed by atoms with E-state index in [-0.39, 0.29) is 0 Å². The summed E-state index contributed by atoms with van der Waals surface area (Å²) in [6.45, 7) is 4.41. The van der Waals surface area contributed by atoms with Crippen LogP contribution in [0.15, 0.2) is 53.4 Å². The van der Waals surface area contributed by atoms with Crippen molar-refractivity contribution in [3.05, 3.63) is 59.1 Å². The molecule has 1 heterocycles. The highest BCUT2D eigenvalue weighted by molar-refractivity contribution is 7.89. The Bertz CT molecular complexity index is 765. The van der Waals surface area contributed by atoms with Crippen LogP contribution in [0.3, 0.4) is 0 Å². The van der Waals surface area contributed by atoms with Crippen LogP contribution in [0, 0.1) is 6.92 Å². The van der Waals surface area contributed by atoms with Gasteiger partial charge in [-0.15, -0.1) is 0 Å². The third kappa shape index (κ3) is 3.52. The second-order valence-electron chi connectivity index (χ2n) is 5.68. The summed E-state index contributed by atoms with van der Waals surface area (Å²) in [6, 6.07) is 14.7. The predicted octanol–water partition coefficient (Wildman–Crippen LogP) is 3.16. The van der Waals surface area contributed by atoms with Gasteiger partial charge < -0.3 is 4.90 Å². The van der Waals surface area contributed by atoms with Crippen molar-refractivity contribution >= 4 is 27.3 Å². The first-order chi connectivity index (χ1) is 11.0. The Morgan fingerprint density at radius 2 is 1.43 bits per heavy atom. The quantitative estimate of drug-likeness (QED) is 0.853. The normalized spacial score (nSPS) is 16.5. The molecule has 23 heavy (non-hydrogen) atoms. The standard InChI is InChI=1S/C17H19ClN2O2S/c1-14-2-6-16(7-3-14)19-10-12-20(13-11-19)23(21,22)17-8-4-15(18)5-9-17/h2-9H,10-13H2,1H3. The van der Waals surface area contributed by atoms with Crippen LogP contribution in [0.25, 0.3) is 0 Å². The average Bonchev–Trinajstić information content (AvgIpc) is 2.56. The minimum absolute atomic E-state index is 0.297. The van der Waals surface area contributed by atoms with Crippen LogP contribution in [0.1, 0.15) is 5.56 Å². The maximum absolute atomic E-state index is 12.7. The minimum atomic E-state index is -3.44. The Labute approximate surface area is 142 Å². The van der Waals surface area contributed by atoms with Gasteiger partial charge in [-0.3, -0.25) is 0 Å². The van der Waals surface area contributed by atoms with Crippen LogP contribution in [0.5, 0.6) is 0 Å². The zero-order chi connectivity index (χ0) is 16.4. The molecule has 0 aliphatic carbocycles. The molecule has 122 valence electrons. The highest BCUT2D eigenvalue weighted by Crippen LogP contribution is 2.22. The third-order valence-corrected chi connectivity index (χ3v) is 6.25. The monoisotopic (exact) mass is 350 g/mol. The van der Waals surface area contributed by atoms with Gasteiger partial charge in [-0.1, -0.05) is 29.3 Å². The van der Waals surface area contributed by atoms with Crippen LogP contribution < -0.4 is 4.90 Å². The smallest absolute Gasteiger partial charge is 0.243 e. The number of nitrogens with zero attached hydrogens (tertiary/aromatic N) is 2. The summed E-state index contributed by atoms with van der Waals surface area (Å²) in [7, 11) is -3.44. The Morgan fingerprint density at radius 3 is 2.00 bits per heavy atom. The lowest BCUT2D eigenvalue weighted by atomic mass is 10.2. The van der Waals surface area contributed by atoms with E-state index in [4.69, 9.17) is 11.6 Å². The van der Waals surface area contributed by atoms with Crippen molar-refractivity contribution in [3.63, 3.8) is 0 Å². The zero-order valence-electron chi connectivity index (χ0n) is 12.9. The summed E-state index contributed by atoms with van der Waals surface area (Å²) in [5, 5.41) is 0.535. The first-order valence-electron chi connectivity index (χ1n) is 7.54. The maximum atomic E-state index is 12.7. The molecule has 2 aromatic rings. The third-order valence-electron chi connectivity index (χ3n) is 4.09. The number of halogens is 1. The first-order valence-corrected chi connectivity index (χ1v) is 9.36. The number of anilines is 1. The summed E-state index contributed by atoms with van der Waals surface area (Å²) in [5.74, 6) is 0. The number of hydrogen-bond donors (Lipinski definition) is 0. The molecule has 0 amide bonds. The van der Waals surface area contributed by atoms with Crippen LogP contribution in [0.4, 0.5) is 5.69 Å². The highest BCUT2D eigenvalue weighted by atomic mass is 35.5. The van der Waals surface area contributed by atoms with Crippen molar-refractivity contribution in [2.45, 2.75) is 11.8 Å². The van der Waals surface area contributed by atoms with Gasteiger partial charge in [-0.2, -0.15) is 4.31 Å². The molecule has 0 radical (unpaired) electrons. The Morgan fingerprint density at radius 1 is 0.870 bits per heavy atom. The lowest BCUT2D eigenvalue weighted by Gasteiger charge is -2.35. The number of hydrogen-bond acceptors (Lipinski definition) is 3. The number of sulfonamides is 1. The Kier molecular flexibility index (Phi) is 4.62. The second kappa shape index (κ2) is 6.51. The number of rotatable bonds is 3. The predicted molar refractivity (Wildman–Crippen MR) is 93.6 cm³/mol. The van der Waals surface area contributed by atoms with Gasteiger partial charge in [0.25, 0.3) is 0 Å². The van der Waals surface area contributed by atoms with E-state index in [1.807, 2.05) is 0 Å². The lowest BCUT2D eigenvalue weighted by Crippen LogP contribution is -2.48. The fraction of sp³-hybridized carbons (Fsp3) is 0.294. The zero-order valence-corrected chi connectivity index (χ0v) is 14.5. The molecule has 0 spiro atoms. The van der Waals surface area contributed by atoms with Gasteiger partial charge >= 0.3 is 0 Å². The summed E-state index contributed by atoms with van der Waals surface area (Å²) < 4.78 is 26.8.